The number of rotatable bonds is 3. The first-order chi connectivity index (χ1) is 10.5. The summed E-state index contributed by atoms with van der Waals surface area (Å²) in [6, 6.07) is 4.57. The molecule has 5 N–H and O–H groups in total. The molecule has 1 aliphatic rings. The van der Waals surface area contributed by atoms with Crippen molar-refractivity contribution in [1.82, 2.24) is 4.98 Å². The number of carbonyl (C=O) groups excluding carboxylic acids is 2. The summed E-state index contributed by atoms with van der Waals surface area (Å²) in [6.45, 7) is 0.354. The largest absolute Gasteiger partial charge is 0.504 e. The van der Waals surface area contributed by atoms with Gasteiger partial charge in [-0.2, -0.15) is 0 Å². The molecule has 1 aromatic heterocycles. The molecule has 0 spiro atoms. The zero-order valence-corrected chi connectivity index (χ0v) is 11.6. The SMILES string of the molecule is NCCC1=CC(=O)C(=O)C=C1c1cc2cc(O)c(O)cc2[nH]1. The molecule has 0 radical (unpaired) electrons. The number of benzene rings is 1. The van der Waals surface area contributed by atoms with Crippen molar-refractivity contribution in [2.45, 2.75) is 6.42 Å². The summed E-state index contributed by atoms with van der Waals surface area (Å²) in [5.41, 5.74) is 8.08. The Bertz CT molecular complexity index is 819. The second-order valence-electron chi connectivity index (χ2n) is 5.11. The van der Waals surface area contributed by atoms with E-state index >= 15 is 0 Å². The Labute approximate surface area is 125 Å². The van der Waals surface area contributed by atoms with E-state index in [1.54, 1.807) is 6.07 Å². The Morgan fingerprint density at radius 2 is 1.68 bits per heavy atom. The molecule has 1 aliphatic carbocycles. The molecule has 0 unspecified atom stereocenters. The average molecular weight is 298 g/mol. The van der Waals surface area contributed by atoms with Gasteiger partial charge in [0.2, 0.25) is 11.6 Å². The number of fused-ring (bicyclic) bond motifs is 1. The average Bonchev–Trinajstić information content (AvgIpc) is 2.86. The number of aromatic hydroxyl groups is 2. The fourth-order valence-corrected chi connectivity index (χ4v) is 2.52. The first kappa shape index (κ1) is 14.1. The van der Waals surface area contributed by atoms with Crippen LogP contribution in [0.5, 0.6) is 11.5 Å². The fraction of sp³-hybridized carbons (Fsp3) is 0.125. The molecule has 6 nitrogen and oxygen atoms in total. The number of ketones is 2. The third-order valence-corrected chi connectivity index (χ3v) is 3.59. The van der Waals surface area contributed by atoms with Gasteiger partial charge in [-0.15, -0.1) is 0 Å². The maximum absolute atomic E-state index is 11.7. The van der Waals surface area contributed by atoms with Crippen molar-refractivity contribution < 1.29 is 19.8 Å². The topological polar surface area (TPSA) is 116 Å². The van der Waals surface area contributed by atoms with Crippen molar-refractivity contribution in [3.8, 4) is 11.5 Å². The highest BCUT2D eigenvalue weighted by atomic mass is 16.3. The van der Waals surface area contributed by atoms with Crippen LogP contribution in [0, 0.1) is 0 Å². The Hall–Kier alpha value is -2.86. The Balaban J connectivity index is 2.12. The monoisotopic (exact) mass is 298 g/mol. The first-order valence-corrected chi connectivity index (χ1v) is 6.75. The summed E-state index contributed by atoms with van der Waals surface area (Å²) in [6.07, 6.45) is 3.07. The van der Waals surface area contributed by atoms with Gasteiger partial charge in [0.1, 0.15) is 0 Å². The molecule has 22 heavy (non-hydrogen) atoms. The quantitative estimate of drug-likeness (QED) is 0.388. The summed E-state index contributed by atoms with van der Waals surface area (Å²) in [7, 11) is 0. The maximum atomic E-state index is 11.7. The highest BCUT2D eigenvalue weighted by Crippen LogP contribution is 2.34. The van der Waals surface area contributed by atoms with Crippen LogP contribution in [0.1, 0.15) is 12.1 Å². The van der Waals surface area contributed by atoms with Crippen LogP contribution < -0.4 is 5.73 Å². The molecule has 112 valence electrons. The van der Waals surface area contributed by atoms with Crippen molar-refractivity contribution in [3.63, 3.8) is 0 Å². The lowest BCUT2D eigenvalue weighted by molar-refractivity contribution is -0.131. The van der Waals surface area contributed by atoms with Crippen LogP contribution >= 0.6 is 0 Å². The molecule has 0 fully saturated rings. The van der Waals surface area contributed by atoms with Gasteiger partial charge < -0.3 is 20.9 Å². The molecular formula is C16H14N2O4. The molecule has 0 amide bonds. The highest BCUT2D eigenvalue weighted by Gasteiger charge is 2.22. The first-order valence-electron chi connectivity index (χ1n) is 6.75. The number of nitrogens with one attached hydrogen (secondary N) is 1. The molecule has 0 bridgehead atoms. The number of H-pyrrole nitrogens is 1. The molecule has 2 aromatic rings. The maximum Gasteiger partial charge on any atom is 0.226 e. The summed E-state index contributed by atoms with van der Waals surface area (Å²) < 4.78 is 0. The minimum Gasteiger partial charge on any atom is -0.504 e. The van der Waals surface area contributed by atoms with Gasteiger partial charge in [-0.1, -0.05) is 0 Å². The van der Waals surface area contributed by atoms with Gasteiger partial charge in [0, 0.05) is 28.2 Å². The molecule has 0 aliphatic heterocycles. The van der Waals surface area contributed by atoms with E-state index < -0.39 is 11.6 Å². The number of phenolic OH excluding ortho intramolecular Hbond substituents is 2. The normalized spacial score (nSPS) is 15.1. The number of phenols is 2. The van der Waals surface area contributed by atoms with E-state index in [9.17, 15) is 19.8 Å². The standard InChI is InChI=1S/C16H14N2O4/c17-2-1-8-4-13(19)15(21)6-10(8)12-3-9-5-14(20)16(22)7-11(9)18-12/h3-7,18,20,22H,1-2,17H2. The summed E-state index contributed by atoms with van der Waals surface area (Å²) in [4.78, 5) is 26.3. The Morgan fingerprint density at radius 1 is 1.00 bits per heavy atom. The van der Waals surface area contributed by atoms with E-state index in [4.69, 9.17) is 5.73 Å². The van der Waals surface area contributed by atoms with Crippen molar-refractivity contribution in [1.29, 1.82) is 0 Å². The van der Waals surface area contributed by atoms with Crippen molar-refractivity contribution in [2.24, 2.45) is 5.73 Å². The zero-order chi connectivity index (χ0) is 15.9. The molecule has 6 heteroatoms. The van der Waals surface area contributed by atoms with Gasteiger partial charge in [0.15, 0.2) is 11.5 Å². The lowest BCUT2D eigenvalue weighted by Crippen LogP contribution is -2.16. The van der Waals surface area contributed by atoms with Crippen LogP contribution in [0.25, 0.3) is 16.5 Å². The molecule has 3 rings (SSSR count). The molecule has 1 heterocycles. The minimum absolute atomic E-state index is 0.223. The third-order valence-electron chi connectivity index (χ3n) is 3.59. The predicted molar refractivity (Wildman–Crippen MR) is 81.4 cm³/mol. The zero-order valence-electron chi connectivity index (χ0n) is 11.6. The van der Waals surface area contributed by atoms with Gasteiger partial charge in [0.05, 0.1) is 0 Å². The third kappa shape index (κ3) is 2.29. The molecule has 0 atom stereocenters. The lowest BCUT2D eigenvalue weighted by atomic mass is 9.92. The molecule has 0 saturated carbocycles. The predicted octanol–water partition coefficient (Wildman–Crippen LogP) is 1.39. The van der Waals surface area contributed by atoms with Gasteiger partial charge in [-0.25, -0.2) is 0 Å². The fourth-order valence-electron chi connectivity index (χ4n) is 2.52. The molecule has 0 saturated heterocycles. The van der Waals surface area contributed by atoms with Crippen LogP contribution in [-0.2, 0) is 9.59 Å². The number of carbonyl (C=O) groups is 2. The Kier molecular flexibility index (Phi) is 3.30. The summed E-state index contributed by atoms with van der Waals surface area (Å²) in [5.74, 6) is -1.60. The van der Waals surface area contributed by atoms with E-state index in [2.05, 4.69) is 4.98 Å². The van der Waals surface area contributed by atoms with Crippen LogP contribution in [0.3, 0.4) is 0 Å². The number of aromatic nitrogens is 1. The van der Waals surface area contributed by atoms with Crippen LogP contribution in [0.2, 0.25) is 0 Å². The Morgan fingerprint density at radius 3 is 2.41 bits per heavy atom. The number of hydrogen-bond donors (Lipinski definition) is 4. The number of allylic oxidation sites excluding steroid dienone is 3. The van der Waals surface area contributed by atoms with Gasteiger partial charge >= 0.3 is 0 Å². The lowest BCUT2D eigenvalue weighted by Gasteiger charge is -2.13. The smallest absolute Gasteiger partial charge is 0.226 e. The molecule has 1 aromatic carbocycles. The van der Waals surface area contributed by atoms with Crippen LogP contribution in [-0.4, -0.2) is 33.3 Å². The summed E-state index contributed by atoms with van der Waals surface area (Å²) in [5, 5.41) is 19.8. The summed E-state index contributed by atoms with van der Waals surface area (Å²) >= 11 is 0. The van der Waals surface area contributed by atoms with Crippen molar-refractivity contribution in [2.75, 3.05) is 6.54 Å². The van der Waals surface area contributed by atoms with Crippen LogP contribution in [0.15, 0.2) is 35.9 Å². The van der Waals surface area contributed by atoms with Gasteiger partial charge in [-0.05, 0) is 42.8 Å². The second kappa shape index (κ2) is 5.16. The van der Waals surface area contributed by atoms with Gasteiger partial charge in [-0.3, -0.25) is 9.59 Å². The van der Waals surface area contributed by atoms with E-state index in [0.29, 0.717) is 40.7 Å². The van der Waals surface area contributed by atoms with Crippen molar-refractivity contribution in [3.05, 3.63) is 41.6 Å². The second-order valence-corrected chi connectivity index (χ2v) is 5.11. The highest BCUT2D eigenvalue weighted by molar-refractivity contribution is 6.48. The van der Waals surface area contributed by atoms with E-state index in [-0.39, 0.29) is 11.5 Å². The minimum atomic E-state index is -0.583. The number of nitrogens with two attached hydrogens (primary N) is 1. The van der Waals surface area contributed by atoms with E-state index in [1.807, 2.05) is 0 Å². The van der Waals surface area contributed by atoms with E-state index in [0.717, 1.165) is 0 Å². The van der Waals surface area contributed by atoms with Crippen LogP contribution in [0.4, 0.5) is 0 Å². The van der Waals surface area contributed by atoms with E-state index in [1.165, 1.54) is 24.3 Å². The van der Waals surface area contributed by atoms with Crippen molar-refractivity contribution >= 4 is 28.0 Å². The van der Waals surface area contributed by atoms with Gasteiger partial charge in [0.25, 0.3) is 0 Å². The molecular weight excluding hydrogens is 284 g/mol. The number of hydrogen-bond acceptors (Lipinski definition) is 5. The number of aromatic amines is 1.